The van der Waals surface area contributed by atoms with Gasteiger partial charge in [0.1, 0.15) is 5.75 Å². The molecule has 0 amide bonds. The summed E-state index contributed by atoms with van der Waals surface area (Å²) in [5.74, 6) is 0.294. The van der Waals surface area contributed by atoms with E-state index in [2.05, 4.69) is 9.97 Å². The van der Waals surface area contributed by atoms with E-state index >= 15 is 0 Å². The highest BCUT2D eigenvalue weighted by Gasteiger charge is 2.38. The smallest absolute Gasteiger partial charge is 0.343 e. The van der Waals surface area contributed by atoms with Crippen LogP contribution in [-0.2, 0) is 14.3 Å². The lowest BCUT2D eigenvalue weighted by Gasteiger charge is -2.16. The first-order valence-corrected chi connectivity index (χ1v) is 13.1. The van der Waals surface area contributed by atoms with Gasteiger partial charge in [-0.15, -0.1) is 0 Å². The van der Waals surface area contributed by atoms with Gasteiger partial charge in [0.05, 0.1) is 13.2 Å². The summed E-state index contributed by atoms with van der Waals surface area (Å²) in [4.78, 5) is 20.9. The van der Waals surface area contributed by atoms with Crippen LogP contribution in [0.15, 0.2) is 36.7 Å². The molecule has 2 heterocycles. The minimum Gasteiger partial charge on any atom is -0.463 e. The van der Waals surface area contributed by atoms with Crippen molar-refractivity contribution >= 4 is 5.97 Å². The summed E-state index contributed by atoms with van der Waals surface area (Å²) < 4.78 is 22.1. The van der Waals surface area contributed by atoms with Crippen LogP contribution in [-0.4, -0.2) is 41.0 Å². The second-order valence-electron chi connectivity index (χ2n) is 10.1. The quantitative estimate of drug-likeness (QED) is 0.183. The minimum absolute atomic E-state index is 0.190. The third-order valence-electron chi connectivity index (χ3n) is 6.49. The average Bonchev–Trinajstić information content (AvgIpc) is 3.61. The first-order valence-electron chi connectivity index (χ1n) is 13.1. The third kappa shape index (κ3) is 8.58. The number of rotatable bonds is 14. The number of aromatic nitrogens is 2. The fourth-order valence-electron chi connectivity index (χ4n) is 4.23. The Morgan fingerprint density at radius 2 is 1.60 bits per heavy atom. The van der Waals surface area contributed by atoms with E-state index in [1.165, 1.54) is 57.8 Å². The van der Waals surface area contributed by atoms with Gasteiger partial charge in [0.25, 0.3) is 0 Å². The summed E-state index contributed by atoms with van der Waals surface area (Å²) in [6.07, 6.45) is 16.2. The molecule has 7 nitrogen and oxygen atoms in total. The van der Waals surface area contributed by atoms with Gasteiger partial charge in [-0.25, -0.2) is 14.8 Å². The second kappa shape index (κ2) is 12.5. The van der Waals surface area contributed by atoms with Crippen LogP contribution in [0.4, 0.5) is 0 Å². The molecule has 1 saturated heterocycles. The molecule has 1 saturated carbocycles. The molecule has 4 rings (SSSR count). The first kappa shape index (κ1) is 25.6. The molecule has 1 aromatic carbocycles. The van der Waals surface area contributed by atoms with Crippen molar-refractivity contribution in [2.24, 2.45) is 5.92 Å². The topological polar surface area (TPSA) is 79.8 Å². The molecule has 2 fully saturated rings. The van der Waals surface area contributed by atoms with Gasteiger partial charge in [0.15, 0.2) is 11.9 Å². The van der Waals surface area contributed by atoms with Gasteiger partial charge >= 0.3 is 12.0 Å². The zero-order valence-corrected chi connectivity index (χ0v) is 21.0. The molecule has 0 radical (unpaired) electrons. The molecular weight excluding hydrogens is 444 g/mol. The Hall–Kier alpha value is -2.51. The van der Waals surface area contributed by atoms with E-state index in [1.54, 1.807) is 38.4 Å². The van der Waals surface area contributed by atoms with Crippen molar-refractivity contribution in [2.75, 3.05) is 13.2 Å². The van der Waals surface area contributed by atoms with E-state index in [9.17, 15) is 4.79 Å². The van der Waals surface area contributed by atoms with Crippen LogP contribution in [0, 0.1) is 5.92 Å². The Bertz CT molecular complexity index is 925. The highest BCUT2D eigenvalue weighted by Crippen LogP contribution is 2.34. The van der Waals surface area contributed by atoms with Gasteiger partial charge in [0.2, 0.25) is 0 Å². The van der Waals surface area contributed by atoms with Crippen molar-refractivity contribution in [3.05, 3.63) is 36.7 Å². The zero-order valence-electron chi connectivity index (χ0n) is 21.0. The molecular formula is C28H38N2O5. The lowest BCUT2D eigenvalue weighted by Crippen LogP contribution is -2.30. The average molecular weight is 483 g/mol. The number of benzene rings is 1. The number of unbranched alkanes of at least 4 members (excludes halogenated alkanes) is 6. The van der Waals surface area contributed by atoms with Crippen LogP contribution < -0.4 is 9.47 Å². The molecule has 1 aliphatic heterocycles. The summed E-state index contributed by atoms with van der Waals surface area (Å²) in [5, 5.41) is 0. The molecule has 1 atom stereocenters. The lowest BCUT2D eigenvalue weighted by molar-refractivity contribution is -0.162. The highest BCUT2D eigenvalue weighted by molar-refractivity contribution is 5.78. The number of esters is 1. The zero-order chi connectivity index (χ0) is 24.5. The van der Waals surface area contributed by atoms with Crippen molar-refractivity contribution in [3.63, 3.8) is 0 Å². The van der Waals surface area contributed by atoms with Crippen LogP contribution in [0.1, 0.15) is 78.1 Å². The van der Waals surface area contributed by atoms with Crippen molar-refractivity contribution in [1.29, 1.82) is 0 Å². The van der Waals surface area contributed by atoms with Gasteiger partial charge in [-0.3, -0.25) is 0 Å². The normalized spacial score (nSPS) is 19.0. The van der Waals surface area contributed by atoms with Crippen LogP contribution >= 0.6 is 0 Å². The Balaban J connectivity index is 1.11. The van der Waals surface area contributed by atoms with Crippen molar-refractivity contribution in [1.82, 2.24) is 9.97 Å². The Morgan fingerprint density at radius 3 is 2.23 bits per heavy atom. The van der Waals surface area contributed by atoms with Crippen LogP contribution in [0.5, 0.6) is 11.8 Å². The maximum absolute atomic E-state index is 12.3. The number of carbonyl (C=O) groups excluding carboxylic acids is 1. The van der Waals surface area contributed by atoms with Gasteiger partial charge in [-0.1, -0.05) is 69.9 Å². The number of hydrogen-bond acceptors (Lipinski definition) is 7. The van der Waals surface area contributed by atoms with E-state index in [-0.39, 0.29) is 6.61 Å². The molecule has 1 aromatic heterocycles. The molecule has 2 aliphatic rings. The molecule has 7 heteroatoms. The standard InChI is InChI=1S/C28H38N2O5/c1-28(2)33-20-25(35-28)26(31)34-24-15-13-22(14-16-24)23-18-29-27(30-19-23)32-17-9-7-5-3-4-6-8-10-21-11-12-21/h13-16,18-19,21,25H,3-12,17,20H2,1-2H3/t25-/m1/s1. The van der Waals surface area contributed by atoms with E-state index in [0.717, 1.165) is 23.5 Å². The summed E-state index contributed by atoms with van der Waals surface area (Å²) in [5.41, 5.74) is 1.79. The monoisotopic (exact) mass is 482 g/mol. The molecule has 0 N–H and O–H groups in total. The van der Waals surface area contributed by atoms with Crippen LogP contribution in [0.25, 0.3) is 11.1 Å². The van der Waals surface area contributed by atoms with E-state index in [0.29, 0.717) is 18.4 Å². The van der Waals surface area contributed by atoms with E-state index in [4.69, 9.17) is 18.9 Å². The van der Waals surface area contributed by atoms with Gasteiger partial charge in [-0.2, -0.15) is 0 Å². The van der Waals surface area contributed by atoms with Crippen LogP contribution in [0.2, 0.25) is 0 Å². The van der Waals surface area contributed by atoms with Crippen molar-refractivity contribution in [2.45, 2.75) is 89.9 Å². The number of hydrogen-bond donors (Lipinski definition) is 0. The van der Waals surface area contributed by atoms with Crippen molar-refractivity contribution in [3.8, 4) is 22.9 Å². The number of nitrogens with zero attached hydrogens (tertiary/aromatic N) is 2. The van der Waals surface area contributed by atoms with E-state index < -0.39 is 17.9 Å². The maximum atomic E-state index is 12.3. The minimum atomic E-state index is -0.766. The third-order valence-corrected chi connectivity index (χ3v) is 6.49. The second-order valence-corrected chi connectivity index (χ2v) is 10.1. The SMILES string of the molecule is CC1(C)OC[C@H](C(=O)Oc2ccc(-c3cnc(OCCCCCCCCCC4CC4)nc3)cc2)O1. The van der Waals surface area contributed by atoms with Gasteiger partial charge in [0, 0.05) is 18.0 Å². The fourth-order valence-corrected chi connectivity index (χ4v) is 4.23. The largest absolute Gasteiger partial charge is 0.463 e. The molecule has 0 unspecified atom stereocenters. The Kier molecular flexibility index (Phi) is 9.10. The molecule has 0 bridgehead atoms. The lowest BCUT2D eigenvalue weighted by atomic mass is 10.1. The maximum Gasteiger partial charge on any atom is 0.343 e. The van der Waals surface area contributed by atoms with Gasteiger partial charge in [-0.05, 0) is 43.9 Å². The number of carbonyl (C=O) groups is 1. The molecule has 35 heavy (non-hydrogen) atoms. The molecule has 1 aliphatic carbocycles. The Morgan fingerprint density at radius 1 is 0.943 bits per heavy atom. The summed E-state index contributed by atoms with van der Waals surface area (Å²) >= 11 is 0. The summed E-state index contributed by atoms with van der Waals surface area (Å²) in [6, 6.07) is 7.62. The molecule has 0 spiro atoms. The number of ether oxygens (including phenoxy) is 4. The molecule has 2 aromatic rings. The predicted octanol–water partition coefficient (Wildman–Crippen LogP) is 6.11. The van der Waals surface area contributed by atoms with Crippen molar-refractivity contribution < 1.29 is 23.7 Å². The molecule has 190 valence electrons. The summed E-state index contributed by atoms with van der Waals surface area (Å²) in [6.45, 7) is 4.38. The predicted molar refractivity (Wildman–Crippen MR) is 133 cm³/mol. The highest BCUT2D eigenvalue weighted by atomic mass is 16.8. The van der Waals surface area contributed by atoms with Crippen LogP contribution in [0.3, 0.4) is 0 Å². The fraction of sp³-hybridized carbons (Fsp3) is 0.607. The Labute approximate surface area is 208 Å². The van der Waals surface area contributed by atoms with Gasteiger partial charge < -0.3 is 18.9 Å². The van der Waals surface area contributed by atoms with E-state index in [1.807, 2.05) is 12.1 Å². The summed E-state index contributed by atoms with van der Waals surface area (Å²) in [7, 11) is 0. The first-order chi connectivity index (χ1) is 17.0.